The number of hydrogen-bond donors (Lipinski definition) is 0. The summed E-state index contributed by atoms with van der Waals surface area (Å²) < 4.78 is 9.61. The molecule has 0 fully saturated rings. The molecule has 80 valence electrons. The second-order valence-electron chi connectivity index (χ2n) is 2.94. The Kier molecular flexibility index (Phi) is 6.45. The molecule has 0 amide bonds. The van der Waals surface area contributed by atoms with Crippen molar-refractivity contribution >= 4 is 11.8 Å². The van der Waals surface area contributed by atoms with Gasteiger partial charge in [-0.15, -0.1) is 0 Å². The van der Waals surface area contributed by atoms with Crippen LogP contribution in [0.2, 0.25) is 0 Å². The largest absolute Gasteiger partial charge is 0.501 e. The van der Waals surface area contributed by atoms with Gasteiger partial charge in [-0.05, 0) is 20.8 Å². The molecule has 4 heteroatoms. The van der Waals surface area contributed by atoms with Crippen molar-refractivity contribution in [2.24, 2.45) is 0 Å². The Morgan fingerprint density at radius 2 is 2.00 bits per heavy atom. The molecule has 0 unspecified atom stereocenters. The number of allylic oxidation sites excluding steroid dienone is 1. The van der Waals surface area contributed by atoms with Gasteiger partial charge in [0.15, 0.2) is 5.78 Å². The van der Waals surface area contributed by atoms with E-state index in [2.05, 4.69) is 0 Å². The minimum atomic E-state index is -0.508. The van der Waals surface area contributed by atoms with E-state index in [1.54, 1.807) is 13.8 Å². The first-order valence-corrected chi connectivity index (χ1v) is 4.56. The Bertz CT molecular complexity index is 218. The molecule has 14 heavy (non-hydrogen) atoms. The maximum atomic E-state index is 11.0. The number of rotatable bonds is 6. The fourth-order valence-corrected chi connectivity index (χ4v) is 0.726. The molecule has 0 N–H and O–H groups in total. The van der Waals surface area contributed by atoms with E-state index < -0.39 is 5.97 Å². The van der Waals surface area contributed by atoms with E-state index in [1.807, 2.05) is 6.92 Å². The smallest absolute Gasteiger partial charge is 0.313 e. The molecule has 0 aliphatic carbocycles. The molecule has 4 nitrogen and oxygen atoms in total. The fourth-order valence-electron chi connectivity index (χ4n) is 0.726. The van der Waals surface area contributed by atoms with Crippen LogP contribution in [0.25, 0.3) is 0 Å². The van der Waals surface area contributed by atoms with Crippen molar-refractivity contribution in [2.45, 2.75) is 33.3 Å². The van der Waals surface area contributed by atoms with Gasteiger partial charge in [-0.25, -0.2) is 0 Å². The zero-order chi connectivity index (χ0) is 11.0. The highest BCUT2D eigenvalue weighted by Gasteiger charge is 2.09. The molecule has 0 aromatic carbocycles. The van der Waals surface area contributed by atoms with E-state index >= 15 is 0 Å². The maximum absolute atomic E-state index is 11.0. The summed E-state index contributed by atoms with van der Waals surface area (Å²) in [5.41, 5.74) is 0. The summed E-state index contributed by atoms with van der Waals surface area (Å²) in [6, 6.07) is 0. The lowest BCUT2D eigenvalue weighted by Crippen LogP contribution is -2.14. The van der Waals surface area contributed by atoms with Crippen LogP contribution in [0.15, 0.2) is 12.3 Å². The van der Waals surface area contributed by atoms with Crippen LogP contribution in [0.3, 0.4) is 0 Å². The van der Waals surface area contributed by atoms with Gasteiger partial charge in [0.2, 0.25) is 0 Å². The Morgan fingerprint density at radius 3 is 2.50 bits per heavy atom. The van der Waals surface area contributed by atoms with Crippen molar-refractivity contribution in [1.82, 2.24) is 0 Å². The molecule has 0 aromatic rings. The summed E-state index contributed by atoms with van der Waals surface area (Å²) in [6.45, 7) is 5.78. The third-order valence-corrected chi connectivity index (χ3v) is 1.20. The third kappa shape index (κ3) is 7.34. The maximum Gasteiger partial charge on any atom is 0.313 e. The van der Waals surface area contributed by atoms with E-state index in [-0.39, 0.29) is 18.3 Å². The number of carbonyl (C=O) groups excluding carboxylic acids is 2. The molecule has 0 bridgehead atoms. The van der Waals surface area contributed by atoms with Gasteiger partial charge < -0.3 is 9.47 Å². The molecule has 0 radical (unpaired) electrons. The van der Waals surface area contributed by atoms with Gasteiger partial charge in [0.05, 0.1) is 19.0 Å². The molecule has 0 spiro atoms. The summed E-state index contributed by atoms with van der Waals surface area (Å²) in [6.07, 6.45) is 2.09. The highest BCUT2D eigenvalue weighted by Crippen LogP contribution is 1.95. The van der Waals surface area contributed by atoms with E-state index in [0.717, 1.165) is 0 Å². The molecule has 0 rings (SSSR count). The molecule has 0 saturated carbocycles. The topological polar surface area (TPSA) is 52.6 Å². The zero-order valence-electron chi connectivity index (χ0n) is 8.78. The summed E-state index contributed by atoms with van der Waals surface area (Å²) in [7, 11) is 0. The quantitative estimate of drug-likeness (QED) is 0.282. The summed E-state index contributed by atoms with van der Waals surface area (Å²) in [5, 5.41) is 0. The lowest BCUT2D eigenvalue weighted by Gasteiger charge is -2.05. The van der Waals surface area contributed by atoms with E-state index in [0.29, 0.717) is 6.61 Å². The minimum Gasteiger partial charge on any atom is -0.501 e. The SMILES string of the molecule is CCOC=CC(=O)CC(=O)OC(C)C. The minimum absolute atomic E-state index is 0.189. The van der Waals surface area contributed by atoms with E-state index in [4.69, 9.17) is 9.47 Å². The third-order valence-electron chi connectivity index (χ3n) is 1.20. The van der Waals surface area contributed by atoms with Crippen LogP contribution >= 0.6 is 0 Å². The summed E-state index contributed by atoms with van der Waals surface area (Å²) in [4.78, 5) is 22.0. The molecule has 0 aromatic heterocycles. The van der Waals surface area contributed by atoms with Gasteiger partial charge >= 0.3 is 5.97 Å². The van der Waals surface area contributed by atoms with Crippen molar-refractivity contribution in [3.63, 3.8) is 0 Å². The van der Waals surface area contributed by atoms with E-state index in [1.165, 1.54) is 12.3 Å². The highest BCUT2D eigenvalue weighted by molar-refractivity contribution is 6.01. The molecular formula is C10H16O4. The van der Waals surface area contributed by atoms with Crippen LogP contribution in [-0.4, -0.2) is 24.5 Å². The van der Waals surface area contributed by atoms with Crippen molar-refractivity contribution < 1.29 is 19.1 Å². The highest BCUT2D eigenvalue weighted by atomic mass is 16.5. The zero-order valence-corrected chi connectivity index (χ0v) is 8.78. The summed E-state index contributed by atoms with van der Waals surface area (Å²) >= 11 is 0. The first-order valence-electron chi connectivity index (χ1n) is 4.56. The molecule has 0 aliphatic heterocycles. The second-order valence-corrected chi connectivity index (χ2v) is 2.94. The number of ether oxygens (including phenoxy) is 2. The number of hydrogen-bond acceptors (Lipinski definition) is 4. The predicted octanol–water partition coefficient (Wildman–Crippen LogP) is 1.45. The van der Waals surface area contributed by atoms with Crippen molar-refractivity contribution in [1.29, 1.82) is 0 Å². The first kappa shape index (κ1) is 12.7. The molecule has 0 aliphatic rings. The lowest BCUT2D eigenvalue weighted by atomic mass is 10.3. The van der Waals surface area contributed by atoms with Gasteiger partial charge in [0, 0.05) is 6.08 Å². The van der Waals surface area contributed by atoms with Crippen LogP contribution in [0.5, 0.6) is 0 Å². The Hall–Kier alpha value is -1.32. The van der Waals surface area contributed by atoms with Crippen LogP contribution in [0, 0.1) is 0 Å². The Morgan fingerprint density at radius 1 is 1.36 bits per heavy atom. The molecule has 0 heterocycles. The van der Waals surface area contributed by atoms with Crippen LogP contribution < -0.4 is 0 Å². The standard InChI is InChI=1S/C10H16O4/c1-4-13-6-5-9(11)7-10(12)14-8(2)3/h5-6,8H,4,7H2,1-3H3. The van der Waals surface area contributed by atoms with Crippen molar-refractivity contribution in [3.05, 3.63) is 12.3 Å². The van der Waals surface area contributed by atoms with Crippen LogP contribution in [0.1, 0.15) is 27.2 Å². The average Bonchev–Trinajstić information content (AvgIpc) is 2.02. The Labute approximate surface area is 83.9 Å². The average molecular weight is 200 g/mol. The lowest BCUT2D eigenvalue weighted by molar-refractivity contribution is -0.148. The van der Waals surface area contributed by atoms with Gasteiger partial charge in [-0.3, -0.25) is 9.59 Å². The van der Waals surface area contributed by atoms with Crippen molar-refractivity contribution in [2.75, 3.05) is 6.61 Å². The molecular weight excluding hydrogens is 184 g/mol. The van der Waals surface area contributed by atoms with Crippen molar-refractivity contribution in [3.8, 4) is 0 Å². The van der Waals surface area contributed by atoms with Crippen LogP contribution in [-0.2, 0) is 19.1 Å². The molecule has 0 saturated heterocycles. The number of ketones is 1. The first-order chi connectivity index (χ1) is 6.56. The van der Waals surface area contributed by atoms with Gasteiger partial charge in [-0.1, -0.05) is 0 Å². The Balaban J connectivity index is 3.77. The second kappa shape index (κ2) is 7.12. The monoisotopic (exact) mass is 200 g/mol. The molecule has 0 atom stereocenters. The van der Waals surface area contributed by atoms with Gasteiger partial charge in [0.1, 0.15) is 6.42 Å². The fraction of sp³-hybridized carbons (Fsp3) is 0.600. The van der Waals surface area contributed by atoms with Gasteiger partial charge in [-0.2, -0.15) is 0 Å². The van der Waals surface area contributed by atoms with E-state index in [9.17, 15) is 9.59 Å². The van der Waals surface area contributed by atoms with Crippen LogP contribution in [0.4, 0.5) is 0 Å². The number of esters is 1. The van der Waals surface area contributed by atoms with Gasteiger partial charge in [0.25, 0.3) is 0 Å². The summed E-state index contributed by atoms with van der Waals surface area (Å²) in [5.74, 6) is -0.824. The normalized spacial score (nSPS) is 10.6. The predicted molar refractivity (Wildman–Crippen MR) is 51.6 cm³/mol. The number of carbonyl (C=O) groups is 2.